The molecular formula is C21H30F2N6O. The van der Waals surface area contributed by atoms with Gasteiger partial charge in [-0.15, -0.1) is 0 Å². The van der Waals surface area contributed by atoms with E-state index in [1.165, 1.54) is 18.2 Å². The number of nitrogens with zero attached hydrogens (tertiary/aromatic N) is 4. The van der Waals surface area contributed by atoms with Crippen LogP contribution in [0.5, 0.6) is 0 Å². The highest BCUT2D eigenvalue weighted by Gasteiger charge is 2.22. The van der Waals surface area contributed by atoms with E-state index in [-0.39, 0.29) is 24.1 Å². The molecule has 1 aromatic heterocycles. The largest absolute Gasteiger partial charge is 0.356 e. The van der Waals surface area contributed by atoms with Gasteiger partial charge in [-0.05, 0) is 31.5 Å². The molecule has 2 aromatic rings. The Morgan fingerprint density at radius 2 is 2.10 bits per heavy atom. The van der Waals surface area contributed by atoms with Crippen molar-refractivity contribution in [2.45, 2.75) is 51.6 Å². The van der Waals surface area contributed by atoms with Crippen LogP contribution < -0.4 is 10.6 Å². The van der Waals surface area contributed by atoms with Crippen LogP contribution >= 0.6 is 0 Å². The molecule has 0 spiro atoms. The fraction of sp³-hybridized carbons (Fsp3) is 0.571. The molecule has 0 saturated carbocycles. The molecule has 1 atom stereocenters. The van der Waals surface area contributed by atoms with Crippen molar-refractivity contribution in [3.8, 4) is 0 Å². The highest BCUT2D eigenvalue weighted by atomic mass is 19.1. The molecule has 2 N–H and O–H groups in total. The summed E-state index contributed by atoms with van der Waals surface area (Å²) in [6.07, 6.45) is 2.52. The van der Waals surface area contributed by atoms with Gasteiger partial charge in [-0.3, -0.25) is 9.89 Å². The third-order valence-electron chi connectivity index (χ3n) is 5.14. The lowest BCUT2D eigenvalue weighted by molar-refractivity contribution is 0.188. The first-order chi connectivity index (χ1) is 14.5. The molecule has 1 fully saturated rings. The summed E-state index contributed by atoms with van der Waals surface area (Å²) < 4.78 is 33.2. The minimum absolute atomic E-state index is 0.126. The second-order valence-electron chi connectivity index (χ2n) is 7.87. The first kappa shape index (κ1) is 22.1. The van der Waals surface area contributed by atoms with Crippen molar-refractivity contribution in [2.75, 3.05) is 26.7 Å². The van der Waals surface area contributed by atoms with Gasteiger partial charge in [0.1, 0.15) is 11.6 Å². The number of halogens is 2. The average Bonchev–Trinajstić information content (AvgIpc) is 3.20. The van der Waals surface area contributed by atoms with Crippen molar-refractivity contribution >= 4 is 5.96 Å². The van der Waals surface area contributed by atoms with Crippen molar-refractivity contribution in [2.24, 2.45) is 4.99 Å². The SMILES string of the molecule is CN=C(NCCc1nc(C(C)C)no1)NC1CCCN(Cc2c(F)cccc2F)C1. The number of aliphatic imine (C=N–C) groups is 1. The standard InChI is InChI=1S/C21H30F2N6O/c1-14(2)20-27-19(30-28-20)9-10-25-21(24-3)26-15-6-5-11-29(12-15)13-16-17(22)7-4-8-18(16)23/h4,7-8,14-15H,5-6,9-13H2,1-3H3,(H2,24,25,26). The molecule has 164 valence electrons. The zero-order chi connectivity index (χ0) is 21.5. The van der Waals surface area contributed by atoms with Crippen LogP contribution in [0.25, 0.3) is 0 Å². The maximum atomic E-state index is 14.0. The zero-order valence-corrected chi connectivity index (χ0v) is 17.8. The van der Waals surface area contributed by atoms with E-state index in [4.69, 9.17) is 4.52 Å². The quantitative estimate of drug-likeness (QED) is 0.530. The van der Waals surface area contributed by atoms with Crippen molar-refractivity contribution in [3.63, 3.8) is 0 Å². The molecule has 0 radical (unpaired) electrons. The molecule has 30 heavy (non-hydrogen) atoms. The third-order valence-corrected chi connectivity index (χ3v) is 5.14. The Balaban J connectivity index is 1.47. The predicted molar refractivity (Wildman–Crippen MR) is 111 cm³/mol. The van der Waals surface area contributed by atoms with Crippen molar-refractivity contribution in [1.29, 1.82) is 0 Å². The van der Waals surface area contributed by atoms with Gasteiger partial charge < -0.3 is 15.2 Å². The molecular weight excluding hydrogens is 390 g/mol. The van der Waals surface area contributed by atoms with Crippen LogP contribution in [0.3, 0.4) is 0 Å². The molecule has 3 rings (SSSR count). The van der Waals surface area contributed by atoms with E-state index in [2.05, 4.69) is 30.7 Å². The molecule has 1 aromatic carbocycles. The average molecular weight is 421 g/mol. The summed E-state index contributed by atoms with van der Waals surface area (Å²) in [6.45, 7) is 6.41. The Hall–Kier alpha value is -2.55. The van der Waals surface area contributed by atoms with E-state index in [1.54, 1.807) is 7.05 Å². The van der Waals surface area contributed by atoms with Crippen molar-refractivity contribution in [1.82, 2.24) is 25.7 Å². The van der Waals surface area contributed by atoms with Gasteiger partial charge in [0.25, 0.3) is 0 Å². The first-order valence-electron chi connectivity index (χ1n) is 10.4. The second kappa shape index (κ2) is 10.5. The van der Waals surface area contributed by atoms with Gasteiger partial charge in [0.2, 0.25) is 5.89 Å². The van der Waals surface area contributed by atoms with E-state index in [1.807, 2.05) is 13.8 Å². The number of hydrogen-bond acceptors (Lipinski definition) is 5. The molecule has 9 heteroatoms. The van der Waals surface area contributed by atoms with Crippen molar-refractivity contribution < 1.29 is 13.3 Å². The number of guanidine groups is 1. The second-order valence-corrected chi connectivity index (χ2v) is 7.87. The summed E-state index contributed by atoms with van der Waals surface area (Å²) in [5.74, 6) is 1.23. The number of benzene rings is 1. The van der Waals surface area contributed by atoms with Crippen LogP contribution in [-0.4, -0.2) is 53.7 Å². The normalized spacial score (nSPS) is 18.1. The number of piperidine rings is 1. The highest BCUT2D eigenvalue weighted by molar-refractivity contribution is 5.79. The summed E-state index contributed by atoms with van der Waals surface area (Å²) in [5, 5.41) is 10.6. The number of nitrogens with one attached hydrogen (secondary N) is 2. The van der Waals surface area contributed by atoms with E-state index in [9.17, 15) is 8.78 Å². The Morgan fingerprint density at radius 3 is 2.77 bits per heavy atom. The smallest absolute Gasteiger partial charge is 0.228 e. The highest BCUT2D eigenvalue weighted by Crippen LogP contribution is 2.18. The number of likely N-dealkylation sites (tertiary alicyclic amines) is 1. The van der Waals surface area contributed by atoms with Gasteiger partial charge >= 0.3 is 0 Å². The molecule has 1 saturated heterocycles. The summed E-state index contributed by atoms with van der Waals surface area (Å²) in [5.41, 5.74) is 0.126. The zero-order valence-electron chi connectivity index (χ0n) is 17.8. The summed E-state index contributed by atoms with van der Waals surface area (Å²) in [4.78, 5) is 10.7. The number of aromatic nitrogens is 2. The van der Waals surface area contributed by atoms with Crippen molar-refractivity contribution in [3.05, 3.63) is 47.1 Å². The van der Waals surface area contributed by atoms with Gasteiger partial charge in [-0.1, -0.05) is 25.1 Å². The maximum Gasteiger partial charge on any atom is 0.228 e. The lowest BCUT2D eigenvalue weighted by Gasteiger charge is -2.34. The fourth-order valence-electron chi connectivity index (χ4n) is 3.50. The van der Waals surface area contributed by atoms with Crippen LogP contribution in [0.4, 0.5) is 8.78 Å². The molecule has 1 aliphatic heterocycles. The van der Waals surface area contributed by atoms with Crippen LogP contribution in [-0.2, 0) is 13.0 Å². The maximum absolute atomic E-state index is 14.0. The van der Waals surface area contributed by atoms with Crippen LogP contribution in [0, 0.1) is 11.6 Å². The van der Waals surface area contributed by atoms with Gasteiger partial charge in [0.05, 0.1) is 0 Å². The fourth-order valence-corrected chi connectivity index (χ4v) is 3.50. The Labute approximate surface area is 175 Å². The Morgan fingerprint density at radius 1 is 1.33 bits per heavy atom. The Kier molecular flexibility index (Phi) is 7.73. The van der Waals surface area contributed by atoms with Crippen LogP contribution in [0.2, 0.25) is 0 Å². The molecule has 0 amide bonds. The minimum atomic E-state index is -0.496. The monoisotopic (exact) mass is 420 g/mol. The lowest BCUT2D eigenvalue weighted by Crippen LogP contribution is -2.51. The third kappa shape index (κ3) is 5.98. The van der Waals surface area contributed by atoms with Gasteiger partial charge in [-0.25, -0.2) is 8.78 Å². The molecule has 1 aliphatic rings. The van der Waals surface area contributed by atoms with E-state index in [0.29, 0.717) is 37.2 Å². The molecule has 2 heterocycles. The van der Waals surface area contributed by atoms with E-state index in [0.717, 1.165) is 19.4 Å². The number of rotatable bonds is 7. The van der Waals surface area contributed by atoms with Crippen LogP contribution in [0.15, 0.2) is 27.7 Å². The first-order valence-corrected chi connectivity index (χ1v) is 10.4. The predicted octanol–water partition coefficient (Wildman–Crippen LogP) is 2.84. The van der Waals surface area contributed by atoms with Gasteiger partial charge in [0.15, 0.2) is 11.8 Å². The lowest BCUT2D eigenvalue weighted by atomic mass is 10.0. The van der Waals surface area contributed by atoms with Gasteiger partial charge in [0, 0.05) is 50.6 Å². The molecule has 1 unspecified atom stereocenters. The molecule has 0 aliphatic carbocycles. The number of hydrogen-bond donors (Lipinski definition) is 2. The molecule has 0 bridgehead atoms. The van der Waals surface area contributed by atoms with E-state index >= 15 is 0 Å². The summed E-state index contributed by atoms with van der Waals surface area (Å²) >= 11 is 0. The van der Waals surface area contributed by atoms with Gasteiger partial charge in [-0.2, -0.15) is 4.98 Å². The summed E-state index contributed by atoms with van der Waals surface area (Å²) in [6, 6.07) is 4.15. The topological polar surface area (TPSA) is 78.6 Å². The van der Waals surface area contributed by atoms with Crippen LogP contribution in [0.1, 0.15) is 49.9 Å². The molecule has 7 nitrogen and oxygen atoms in total. The Bertz CT molecular complexity index is 834. The van der Waals surface area contributed by atoms with E-state index < -0.39 is 11.6 Å². The summed E-state index contributed by atoms with van der Waals surface area (Å²) in [7, 11) is 1.72. The minimum Gasteiger partial charge on any atom is -0.356 e.